The molecule has 124 valence electrons. The van der Waals surface area contributed by atoms with Crippen molar-refractivity contribution in [3.8, 4) is 5.75 Å². The van der Waals surface area contributed by atoms with E-state index >= 15 is 0 Å². The van der Waals surface area contributed by atoms with Crippen molar-refractivity contribution in [3.63, 3.8) is 0 Å². The Morgan fingerprint density at radius 3 is 2.14 bits per heavy atom. The van der Waals surface area contributed by atoms with Gasteiger partial charge in [0, 0.05) is 12.1 Å². The van der Waals surface area contributed by atoms with Gasteiger partial charge in [0.1, 0.15) is 12.4 Å². The normalized spacial score (nSPS) is 12.1. The summed E-state index contributed by atoms with van der Waals surface area (Å²) in [6.07, 6.45) is -9.28. The van der Waals surface area contributed by atoms with E-state index in [9.17, 15) is 31.1 Å². The molecule has 1 aromatic rings. The van der Waals surface area contributed by atoms with Crippen molar-refractivity contribution >= 4 is 5.91 Å². The van der Waals surface area contributed by atoms with Crippen LogP contribution in [0.4, 0.5) is 26.3 Å². The Morgan fingerprint density at radius 2 is 1.64 bits per heavy atom. The van der Waals surface area contributed by atoms with Gasteiger partial charge >= 0.3 is 12.5 Å². The summed E-state index contributed by atoms with van der Waals surface area (Å²) in [5.74, 6) is -1.15. The summed E-state index contributed by atoms with van der Waals surface area (Å²) in [5, 5.41) is 2.26. The van der Waals surface area contributed by atoms with E-state index in [0.29, 0.717) is 0 Å². The lowest BCUT2D eigenvalue weighted by Gasteiger charge is -2.10. The van der Waals surface area contributed by atoms with Gasteiger partial charge in [-0.3, -0.25) is 4.79 Å². The van der Waals surface area contributed by atoms with Gasteiger partial charge in [0.05, 0.1) is 6.61 Å². The fraction of sp³-hybridized carbons (Fsp3) is 0.417. The number of carbonyl (C=O) groups is 1. The van der Waals surface area contributed by atoms with Crippen molar-refractivity contribution in [3.05, 3.63) is 29.8 Å². The first-order valence-electron chi connectivity index (χ1n) is 5.85. The van der Waals surface area contributed by atoms with E-state index in [4.69, 9.17) is 0 Å². The summed E-state index contributed by atoms with van der Waals surface area (Å²) in [7, 11) is 0. The topological polar surface area (TPSA) is 47.6 Å². The molecular formula is C12H11F6NO3. The van der Waals surface area contributed by atoms with Crippen LogP contribution in [0.1, 0.15) is 10.4 Å². The van der Waals surface area contributed by atoms with E-state index < -0.39 is 30.8 Å². The Kier molecular flexibility index (Phi) is 6.03. The van der Waals surface area contributed by atoms with Gasteiger partial charge in [0.2, 0.25) is 0 Å². The van der Waals surface area contributed by atoms with Gasteiger partial charge in [-0.05, 0) is 24.3 Å². The molecule has 0 atom stereocenters. The molecule has 0 spiro atoms. The van der Waals surface area contributed by atoms with Gasteiger partial charge in [-0.15, -0.1) is 13.2 Å². The van der Waals surface area contributed by atoms with Crippen LogP contribution in [0, 0.1) is 0 Å². The lowest BCUT2D eigenvalue weighted by atomic mass is 10.2. The minimum Gasteiger partial charge on any atom is -0.406 e. The molecule has 1 N–H and O–H groups in total. The number of rotatable bonds is 6. The number of amides is 1. The molecule has 0 aliphatic carbocycles. The number of hydrogen-bond acceptors (Lipinski definition) is 3. The highest BCUT2D eigenvalue weighted by atomic mass is 19.4. The zero-order chi connectivity index (χ0) is 16.8. The van der Waals surface area contributed by atoms with E-state index in [1.807, 2.05) is 0 Å². The Labute approximate surface area is 121 Å². The molecule has 0 aliphatic rings. The molecule has 1 aromatic carbocycles. The van der Waals surface area contributed by atoms with Gasteiger partial charge in [-0.2, -0.15) is 13.2 Å². The lowest BCUT2D eigenvalue weighted by molar-refractivity contribution is -0.274. The molecule has 0 unspecified atom stereocenters. The molecule has 0 saturated heterocycles. The highest BCUT2D eigenvalue weighted by Crippen LogP contribution is 2.22. The van der Waals surface area contributed by atoms with Crippen molar-refractivity contribution in [2.24, 2.45) is 0 Å². The molecule has 0 heterocycles. The molecule has 0 saturated carbocycles. The maximum absolute atomic E-state index is 11.9. The SMILES string of the molecule is O=C(NCCOCC(F)(F)F)c1ccc(OC(F)(F)F)cc1. The molecule has 1 amide bonds. The molecule has 10 heteroatoms. The number of nitrogens with one attached hydrogen (secondary N) is 1. The molecule has 0 bridgehead atoms. The van der Waals surface area contributed by atoms with Gasteiger partial charge in [-0.25, -0.2) is 0 Å². The molecular weight excluding hydrogens is 320 g/mol. The summed E-state index contributed by atoms with van der Waals surface area (Å²) in [6, 6.07) is 4.07. The van der Waals surface area contributed by atoms with Gasteiger partial charge in [0.15, 0.2) is 0 Å². The van der Waals surface area contributed by atoms with E-state index in [1.54, 1.807) is 0 Å². The summed E-state index contributed by atoms with van der Waals surface area (Å²) in [6.45, 7) is -1.94. The Balaban J connectivity index is 2.37. The lowest BCUT2D eigenvalue weighted by Crippen LogP contribution is -2.28. The number of carbonyl (C=O) groups excluding carboxylic acids is 1. The first kappa shape index (κ1) is 18.1. The largest absolute Gasteiger partial charge is 0.573 e. The third-order valence-electron chi connectivity index (χ3n) is 2.15. The van der Waals surface area contributed by atoms with Crippen LogP contribution in [-0.4, -0.2) is 38.2 Å². The first-order valence-corrected chi connectivity index (χ1v) is 5.85. The third kappa shape index (κ3) is 7.72. The fourth-order valence-corrected chi connectivity index (χ4v) is 1.33. The highest BCUT2D eigenvalue weighted by Gasteiger charge is 2.31. The number of benzene rings is 1. The standard InChI is InChI=1S/C12H11F6NO3/c13-11(14,15)7-21-6-5-19-10(20)8-1-3-9(4-2-8)22-12(16,17)18/h1-4H,5-7H2,(H,19,20). The molecule has 4 nitrogen and oxygen atoms in total. The summed E-state index contributed by atoms with van der Waals surface area (Å²) in [4.78, 5) is 11.5. The van der Waals surface area contributed by atoms with Crippen molar-refractivity contribution in [1.29, 1.82) is 0 Å². The second kappa shape index (κ2) is 7.34. The average molecular weight is 331 g/mol. The van der Waals surface area contributed by atoms with Crippen LogP contribution in [0.5, 0.6) is 5.75 Å². The van der Waals surface area contributed by atoms with Crippen LogP contribution >= 0.6 is 0 Å². The maximum atomic E-state index is 11.9. The van der Waals surface area contributed by atoms with Gasteiger partial charge in [0.25, 0.3) is 5.91 Å². The summed E-state index contributed by atoms with van der Waals surface area (Å²) < 4.78 is 79.0. The first-order chi connectivity index (χ1) is 10.1. The van der Waals surface area contributed by atoms with Gasteiger partial charge < -0.3 is 14.8 Å². The van der Waals surface area contributed by atoms with E-state index in [-0.39, 0.29) is 18.7 Å². The summed E-state index contributed by atoms with van der Waals surface area (Å²) in [5.41, 5.74) is 0.0327. The summed E-state index contributed by atoms with van der Waals surface area (Å²) >= 11 is 0. The molecule has 1 rings (SSSR count). The third-order valence-corrected chi connectivity index (χ3v) is 2.15. The number of alkyl halides is 6. The smallest absolute Gasteiger partial charge is 0.406 e. The van der Waals surface area contributed by atoms with Crippen molar-refractivity contribution in [2.75, 3.05) is 19.8 Å². The van der Waals surface area contributed by atoms with Crippen LogP contribution in [0.15, 0.2) is 24.3 Å². The Morgan fingerprint density at radius 1 is 1.05 bits per heavy atom. The fourth-order valence-electron chi connectivity index (χ4n) is 1.33. The van der Waals surface area contributed by atoms with E-state index in [2.05, 4.69) is 14.8 Å². The maximum Gasteiger partial charge on any atom is 0.573 e. The second-order valence-corrected chi connectivity index (χ2v) is 4.00. The average Bonchev–Trinajstić information content (AvgIpc) is 2.35. The predicted octanol–water partition coefficient (Wildman–Crippen LogP) is 2.89. The van der Waals surface area contributed by atoms with Crippen LogP contribution in [-0.2, 0) is 4.74 Å². The zero-order valence-electron chi connectivity index (χ0n) is 10.9. The van der Waals surface area contributed by atoms with Crippen molar-refractivity contribution < 1.29 is 40.6 Å². The second-order valence-electron chi connectivity index (χ2n) is 4.00. The van der Waals surface area contributed by atoms with E-state index in [1.165, 1.54) is 0 Å². The predicted molar refractivity (Wildman–Crippen MR) is 62.3 cm³/mol. The minimum atomic E-state index is -4.83. The molecule has 22 heavy (non-hydrogen) atoms. The number of hydrogen-bond donors (Lipinski definition) is 1. The Bertz CT molecular complexity index is 483. The van der Waals surface area contributed by atoms with Crippen LogP contribution in [0.25, 0.3) is 0 Å². The monoisotopic (exact) mass is 331 g/mol. The van der Waals surface area contributed by atoms with Crippen molar-refractivity contribution in [1.82, 2.24) is 5.32 Å². The van der Waals surface area contributed by atoms with E-state index in [0.717, 1.165) is 24.3 Å². The minimum absolute atomic E-state index is 0.0327. The molecule has 0 aliphatic heterocycles. The van der Waals surface area contributed by atoms with Crippen LogP contribution in [0.3, 0.4) is 0 Å². The van der Waals surface area contributed by atoms with Crippen LogP contribution < -0.4 is 10.1 Å². The molecule has 0 radical (unpaired) electrons. The molecule has 0 fully saturated rings. The highest BCUT2D eigenvalue weighted by molar-refractivity contribution is 5.94. The molecule has 0 aromatic heterocycles. The van der Waals surface area contributed by atoms with Crippen LogP contribution in [0.2, 0.25) is 0 Å². The van der Waals surface area contributed by atoms with Crippen molar-refractivity contribution in [2.45, 2.75) is 12.5 Å². The van der Waals surface area contributed by atoms with Gasteiger partial charge in [-0.1, -0.05) is 0 Å². The number of ether oxygens (including phenoxy) is 2. The Hall–Kier alpha value is -1.97. The zero-order valence-corrected chi connectivity index (χ0v) is 10.9. The quantitative estimate of drug-likeness (QED) is 0.644. The number of halogens is 6.